The Morgan fingerprint density at radius 3 is 2.48 bits per heavy atom. The summed E-state index contributed by atoms with van der Waals surface area (Å²) in [5, 5.41) is 2.83. The molecule has 0 bridgehead atoms. The minimum Gasteiger partial charge on any atom is -0.465 e. The highest BCUT2D eigenvalue weighted by Crippen LogP contribution is 2.17. The lowest BCUT2D eigenvalue weighted by Crippen LogP contribution is -2.50. The molecule has 25 heavy (non-hydrogen) atoms. The van der Waals surface area contributed by atoms with Crippen LogP contribution < -0.4 is 5.32 Å². The summed E-state index contributed by atoms with van der Waals surface area (Å²) in [7, 11) is 5.49. The number of para-hydroxylation sites is 1. The van der Waals surface area contributed by atoms with E-state index in [0.717, 1.165) is 32.6 Å². The van der Waals surface area contributed by atoms with Gasteiger partial charge >= 0.3 is 12.0 Å². The van der Waals surface area contributed by atoms with Crippen molar-refractivity contribution in [3.8, 4) is 0 Å². The Balaban J connectivity index is 1.84. The van der Waals surface area contributed by atoms with Crippen molar-refractivity contribution in [3.63, 3.8) is 0 Å². The lowest BCUT2D eigenvalue weighted by Gasteiger charge is -2.35. The van der Waals surface area contributed by atoms with Crippen LogP contribution in [0, 0.1) is 0 Å². The topological polar surface area (TPSA) is 65.1 Å². The summed E-state index contributed by atoms with van der Waals surface area (Å²) in [6, 6.07) is 6.70. The molecule has 1 heterocycles. The summed E-state index contributed by atoms with van der Waals surface area (Å²) in [5.41, 5.74) is 0.841. The molecule has 0 atom stereocenters. The second-order valence-electron chi connectivity index (χ2n) is 6.45. The van der Waals surface area contributed by atoms with Gasteiger partial charge in [-0.25, -0.2) is 9.59 Å². The zero-order valence-electron chi connectivity index (χ0n) is 15.3. The fourth-order valence-electron chi connectivity index (χ4n) is 2.86. The second kappa shape index (κ2) is 9.39. The maximum Gasteiger partial charge on any atom is 0.339 e. The van der Waals surface area contributed by atoms with Crippen molar-refractivity contribution in [1.82, 2.24) is 14.7 Å². The molecule has 0 radical (unpaired) electrons. The molecule has 0 saturated carbocycles. The van der Waals surface area contributed by atoms with Gasteiger partial charge in [0, 0.05) is 26.2 Å². The highest BCUT2D eigenvalue weighted by atomic mass is 16.5. The smallest absolute Gasteiger partial charge is 0.339 e. The van der Waals surface area contributed by atoms with Gasteiger partial charge in [-0.1, -0.05) is 12.1 Å². The van der Waals surface area contributed by atoms with Gasteiger partial charge in [-0.15, -0.1) is 0 Å². The standard InChI is InChI=1S/C18H28N4O3/c1-20(2)9-6-10-21-11-13-22(14-12-21)18(24)19-16-8-5-4-7-15(16)17(23)25-3/h4-5,7-8H,6,9-14H2,1-3H3,(H,19,24). The van der Waals surface area contributed by atoms with Gasteiger partial charge in [0.2, 0.25) is 0 Å². The summed E-state index contributed by atoms with van der Waals surface area (Å²) in [6.07, 6.45) is 1.13. The van der Waals surface area contributed by atoms with E-state index >= 15 is 0 Å². The summed E-state index contributed by atoms with van der Waals surface area (Å²) in [4.78, 5) is 30.6. The monoisotopic (exact) mass is 348 g/mol. The van der Waals surface area contributed by atoms with Gasteiger partial charge in [0.25, 0.3) is 0 Å². The number of carbonyl (C=O) groups excluding carboxylic acids is 2. The van der Waals surface area contributed by atoms with E-state index < -0.39 is 5.97 Å². The summed E-state index contributed by atoms with van der Waals surface area (Å²) in [5.74, 6) is -0.457. The summed E-state index contributed by atoms with van der Waals surface area (Å²) >= 11 is 0. The Morgan fingerprint density at radius 2 is 1.84 bits per heavy atom. The van der Waals surface area contributed by atoms with Crippen molar-refractivity contribution in [2.24, 2.45) is 0 Å². The number of anilines is 1. The van der Waals surface area contributed by atoms with E-state index in [2.05, 4.69) is 29.2 Å². The molecule has 1 aliphatic rings. The molecule has 0 aliphatic carbocycles. The van der Waals surface area contributed by atoms with Gasteiger partial charge in [-0.05, 0) is 45.7 Å². The maximum absolute atomic E-state index is 12.5. The number of amides is 2. The maximum atomic E-state index is 12.5. The van der Waals surface area contributed by atoms with E-state index in [-0.39, 0.29) is 6.03 Å². The Bertz CT molecular complexity index is 583. The number of nitrogens with zero attached hydrogens (tertiary/aromatic N) is 3. The van der Waals surface area contributed by atoms with Crippen LogP contribution in [0.15, 0.2) is 24.3 Å². The average Bonchev–Trinajstić information content (AvgIpc) is 2.61. The van der Waals surface area contributed by atoms with Crippen molar-refractivity contribution >= 4 is 17.7 Å². The van der Waals surface area contributed by atoms with Crippen LogP contribution in [0.1, 0.15) is 16.8 Å². The number of methoxy groups -OCH3 is 1. The molecule has 0 unspecified atom stereocenters. The fraction of sp³-hybridized carbons (Fsp3) is 0.556. The predicted molar refractivity (Wildman–Crippen MR) is 98.0 cm³/mol. The highest BCUT2D eigenvalue weighted by molar-refractivity contribution is 6.00. The van der Waals surface area contributed by atoms with Crippen LogP contribution in [0.25, 0.3) is 0 Å². The first-order valence-electron chi connectivity index (χ1n) is 8.61. The van der Waals surface area contributed by atoms with Gasteiger partial charge < -0.3 is 19.9 Å². The molecule has 2 rings (SSSR count). The molecule has 0 aromatic heterocycles. The summed E-state index contributed by atoms with van der Waals surface area (Å²) in [6.45, 7) is 5.26. The molecular weight excluding hydrogens is 320 g/mol. The zero-order chi connectivity index (χ0) is 18.2. The highest BCUT2D eigenvalue weighted by Gasteiger charge is 2.22. The van der Waals surface area contributed by atoms with E-state index in [1.54, 1.807) is 29.2 Å². The van der Waals surface area contributed by atoms with Gasteiger partial charge in [0.1, 0.15) is 0 Å². The van der Waals surface area contributed by atoms with Crippen molar-refractivity contribution in [2.75, 3.05) is 65.8 Å². The SMILES string of the molecule is COC(=O)c1ccccc1NC(=O)N1CCN(CCCN(C)C)CC1. The molecule has 138 valence electrons. The number of piperazine rings is 1. The van der Waals surface area contributed by atoms with E-state index in [1.807, 2.05) is 0 Å². The van der Waals surface area contributed by atoms with Crippen LogP contribution in [0.5, 0.6) is 0 Å². The largest absolute Gasteiger partial charge is 0.465 e. The number of nitrogens with one attached hydrogen (secondary N) is 1. The molecule has 0 spiro atoms. The van der Waals surface area contributed by atoms with Crippen molar-refractivity contribution in [3.05, 3.63) is 29.8 Å². The third kappa shape index (κ3) is 5.72. The Labute approximate surface area is 149 Å². The van der Waals surface area contributed by atoms with Gasteiger partial charge in [0.15, 0.2) is 0 Å². The molecule has 7 nitrogen and oxygen atoms in total. The van der Waals surface area contributed by atoms with Crippen molar-refractivity contribution in [2.45, 2.75) is 6.42 Å². The van der Waals surface area contributed by atoms with Crippen LogP contribution in [-0.2, 0) is 4.74 Å². The first kappa shape index (κ1) is 19.2. The molecule has 1 N–H and O–H groups in total. The number of esters is 1. The van der Waals surface area contributed by atoms with Crippen LogP contribution in [0.4, 0.5) is 10.5 Å². The first-order chi connectivity index (χ1) is 12.0. The van der Waals surface area contributed by atoms with Crippen molar-refractivity contribution < 1.29 is 14.3 Å². The van der Waals surface area contributed by atoms with E-state index in [1.165, 1.54) is 7.11 Å². The van der Waals surface area contributed by atoms with E-state index in [4.69, 9.17) is 4.74 Å². The third-order valence-corrected chi connectivity index (χ3v) is 4.31. The first-order valence-corrected chi connectivity index (χ1v) is 8.61. The number of ether oxygens (including phenoxy) is 1. The van der Waals surface area contributed by atoms with Gasteiger partial charge in [-0.3, -0.25) is 4.90 Å². The fourth-order valence-corrected chi connectivity index (χ4v) is 2.86. The average molecular weight is 348 g/mol. The predicted octanol–water partition coefficient (Wildman–Crippen LogP) is 1.57. The molecule has 2 amide bonds. The normalized spacial score (nSPS) is 15.3. The number of carbonyl (C=O) groups is 2. The lowest BCUT2D eigenvalue weighted by molar-refractivity contribution is 0.0602. The van der Waals surface area contributed by atoms with Gasteiger partial charge in [-0.2, -0.15) is 0 Å². The van der Waals surface area contributed by atoms with Gasteiger partial charge in [0.05, 0.1) is 18.4 Å². The van der Waals surface area contributed by atoms with Crippen LogP contribution in [0.3, 0.4) is 0 Å². The third-order valence-electron chi connectivity index (χ3n) is 4.31. The Morgan fingerprint density at radius 1 is 1.16 bits per heavy atom. The number of hydrogen-bond acceptors (Lipinski definition) is 5. The second-order valence-corrected chi connectivity index (χ2v) is 6.45. The molecule has 1 fully saturated rings. The quantitative estimate of drug-likeness (QED) is 0.791. The molecule has 1 aromatic rings. The number of urea groups is 1. The number of rotatable bonds is 6. The minimum atomic E-state index is -0.457. The summed E-state index contributed by atoms with van der Waals surface area (Å²) < 4.78 is 4.76. The van der Waals surface area contributed by atoms with Crippen molar-refractivity contribution in [1.29, 1.82) is 0 Å². The number of benzene rings is 1. The molecule has 1 aliphatic heterocycles. The lowest BCUT2D eigenvalue weighted by atomic mass is 10.2. The van der Waals surface area contributed by atoms with E-state index in [0.29, 0.717) is 24.3 Å². The van der Waals surface area contributed by atoms with Crippen LogP contribution in [0.2, 0.25) is 0 Å². The van der Waals surface area contributed by atoms with E-state index in [9.17, 15) is 9.59 Å². The minimum absolute atomic E-state index is 0.177. The Kier molecular flexibility index (Phi) is 7.21. The molecule has 1 saturated heterocycles. The zero-order valence-corrected chi connectivity index (χ0v) is 15.3. The van der Waals surface area contributed by atoms with Crippen LogP contribution in [-0.4, -0.2) is 87.2 Å². The Hall–Kier alpha value is -2.12. The molecule has 7 heteroatoms. The molecule has 1 aromatic carbocycles. The molecular formula is C18H28N4O3. The number of hydrogen-bond donors (Lipinski definition) is 1. The van der Waals surface area contributed by atoms with Crippen LogP contribution >= 0.6 is 0 Å².